The fourth-order valence-electron chi connectivity index (χ4n) is 2.01. The molecular formula is C11H23N3O2. The quantitative estimate of drug-likeness (QED) is 0.542. The van der Waals surface area contributed by atoms with E-state index < -0.39 is 0 Å². The van der Waals surface area contributed by atoms with Crippen LogP contribution in [0, 0.1) is 0 Å². The van der Waals surface area contributed by atoms with Gasteiger partial charge in [0.05, 0.1) is 13.2 Å². The molecule has 1 amide bonds. The van der Waals surface area contributed by atoms with Crippen LogP contribution in [-0.4, -0.2) is 44.8 Å². The highest BCUT2D eigenvalue weighted by Crippen LogP contribution is 2.16. The van der Waals surface area contributed by atoms with Gasteiger partial charge in [-0.1, -0.05) is 6.42 Å². The summed E-state index contributed by atoms with van der Waals surface area (Å²) in [6, 6.07) is 0.694. The van der Waals surface area contributed by atoms with E-state index in [2.05, 4.69) is 10.6 Å². The second-order valence-corrected chi connectivity index (χ2v) is 4.35. The Bertz CT molecular complexity index is 211. The smallest absolute Gasteiger partial charge is 0.234 e. The average molecular weight is 229 g/mol. The largest absolute Gasteiger partial charge is 0.383 e. The molecule has 0 saturated heterocycles. The van der Waals surface area contributed by atoms with Crippen LogP contribution in [0.4, 0.5) is 0 Å². The highest BCUT2D eigenvalue weighted by molar-refractivity contribution is 5.77. The number of carbonyl (C=O) groups excluding carboxylic acids is 1. The SMILES string of the molecule is COCCNC(=O)CNC1CCCC(N)C1. The molecule has 2 unspecified atom stereocenters. The number of methoxy groups -OCH3 is 1. The molecule has 1 aliphatic rings. The molecule has 2 atom stereocenters. The number of amides is 1. The predicted molar refractivity (Wildman–Crippen MR) is 63.1 cm³/mol. The predicted octanol–water partition coefficient (Wildman–Crippen LogP) is -0.391. The molecule has 16 heavy (non-hydrogen) atoms. The number of hydrogen-bond acceptors (Lipinski definition) is 4. The number of nitrogens with two attached hydrogens (primary N) is 1. The first kappa shape index (κ1) is 13.4. The Hall–Kier alpha value is -0.650. The highest BCUT2D eigenvalue weighted by atomic mass is 16.5. The maximum Gasteiger partial charge on any atom is 0.234 e. The van der Waals surface area contributed by atoms with E-state index in [1.807, 2.05) is 0 Å². The summed E-state index contributed by atoms with van der Waals surface area (Å²) < 4.78 is 4.85. The van der Waals surface area contributed by atoms with Crippen molar-refractivity contribution in [1.29, 1.82) is 0 Å². The zero-order valence-corrected chi connectivity index (χ0v) is 10.00. The Labute approximate surface area is 97.1 Å². The molecule has 5 nitrogen and oxygen atoms in total. The Morgan fingerprint density at radius 1 is 1.50 bits per heavy atom. The van der Waals surface area contributed by atoms with Crippen LogP contribution >= 0.6 is 0 Å². The van der Waals surface area contributed by atoms with Gasteiger partial charge in [0.25, 0.3) is 0 Å². The summed E-state index contributed by atoms with van der Waals surface area (Å²) in [5, 5.41) is 6.02. The van der Waals surface area contributed by atoms with Crippen molar-refractivity contribution in [2.24, 2.45) is 5.73 Å². The van der Waals surface area contributed by atoms with Crippen LogP contribution in [-0.2, 0) is 9.53 Å². The van der Waals surface area contributed by atoms with Crippen LogP contribution in [0.1, 0.15) is 25.7 Å². The van der Waals surface area contributed by atoms with Crippen molar-refractivity contribution >= 4 is 5.91 Å². The van der Waals surface area contributed by atoms with Gasteiger partial charge in [-0.15, -0.1) is 0 Å². The maximum atomic E-state index is 11.4. The van der Waals surface area contributed by atoms with Gasteiger partial charge in [-0.25, -0.2) is 0 Å². The fraction of sp³-hybridized carbons (Fsp3) is 0.909. The number of ether oxygens (including phenoxy) is 1. The molecular weight excluding hydrogens is 206 g/mol. The third-order valence-electron chi connectivity index (χ3n) is 2.89. The summed E-state index contributed by atoms with van der Waals surface area (Å²) in [6.07, 6.45) is 4.37. The van der Waals surface area contributed by atoms with Crippen LogP contribution in [0.2, 0.25) is 0 Å². The van der Waals surface area contributed by atoms with Crippen LogP contribution in [0.5, 0.6) is 0 Å². The molecule has 4 N–H and O–H groups in total. The van der Waals surface area contributed by atoms with E-state index in [1.54, 1.807) is 7.11 Å². The van der Waals surface area contributed by atoms with Crippen molar-refractivity contribution in [3.63, 3.8) is 0 Å². The van der Waals surface area contributed by atoms with E-state index in [1.165, 1.54) is 0 Å². The molecule has 0 bridgehead atoms. The molecule has 94 valence electrons. The molecule has 0 spiro atoms. The van der Waals surface area contributed by atoms with Crippen molar-refractivity contribution in [2.75, 3.05) is 26.8 Å². The molecule has 1 aliphatic carbocycles. The Kier molecular flexibility index (Phi) is 6.37. The molecule has 0 aromatic heterocycles. The van der Waals surface area contributed by atoms with E-state index in [0.29, 0.717) is 31.8 Å². The third kappa shape index (κ3) is 5.44. The van der Waals surface area contributed by atoms with Crippen molar-refractivity contribution in [3.8, 4) is 0 Å². The van der Waals surface area contributed by atoms with Crippen LogP contribution in [0.3, 0.4) is 0 Å². The standard InChI is InChI=1S/C11H23N3O2/c1-16-6-5-13-11(15)8-14-10-4-2-3-9(12)7-10/h9-10,14H,2-8,12H2,1H3,(H,13,15). The van der Waals surface area contributed by atoms with Crippen molar-refractivity contribution < 1.29 is 9.53 Å². The van der Waals surface area contributed by atoms with Gasteiger partial charge < -0.3 is 21.1 Å². The lowest BCUT2D eigenvalue weighted by atomic mass is 9.92. The topological polar surface area (TPSA) is 76.4 Å². The summed E-state index contributed by atoms with van der Waals surface area (Å²) in [5.74, 6) is 0.0243. The zero-order chi connectivity index (χ0) is 11.8. The number of rotatable bonds is 6. The second-order valence-electron chi connectivity index (χ2n) is 4.35. The molecule has 0 aliphatic heterocycles. The van der Waals surface area contributed by atoms with Crippen molar-refractivity contribution in [1.82, 2.24) is 10.6 Å². The van der Waals surface area contributed by atoms with Gasteiger partial charge in [-0.3, -0.25) is 4.79 Å². The Morgan fingerprint density at radius 2 is 2.31 bits per heavy atom. The lowest BCUT2D eigenvalue weighted by molar-refractivity contribution is -0.120. The zero-order valence-electron chi connectivity index (χ0n) is 10.00. The Morgan fingerprint density at radius 3 is 3.00 bits per heavy atom. The first-order valence-corrected chi connectivity index (χ1v) is 5.97. The van der Waals surface area contributed by atoms with E-state index in [4.69, 9.17) is 10.5 Å². The summed E-state index contributed by atoms with van der Waals surface area (Å²) in [4.78, 5) is 11.4. The average Bonchev–Trinajstić information content (AvgIpc) is 2.27. The molecule has 0 aromatic rings. The van der Waals surface area contributed by atoms with Crippen molar-refractivity contribution in [2.45, 2.75) is 37.8 Å². The van der Waals surface area contributed by atoms with Gasteiger partial charge in [0.15, 0.2) is 0 Å². The monoisotopic (exact) mass is 229 g/mol. The van der Waals surface area contributed by atoms with Crippen LogP contribution in [0.15, 0.2) is 0 Å². The number of carbonyl (C=O) groups is 1. The second kappa shape index (κ2) is 7.60. The van der Waals surface area contributed by atoms with E-state index in [-0.39, 0.29) is 5.91 Å². The molecule has 0 heterocycles. The number of hydrogen-bond donors (Lipinski definition) is 3. The van der Waals surface area contributed by atoms with Crippen LogP contribution < -0.4 is 16.4 Å². The molecule has 5 heteroatoms. The third-order valence-corrected chi connectivity index (χ3v) is 2.89. The first-order chi connectivity index (χ1) is 7.72. The molecule has 1 saturated carbocycles. The van der Waals surface area contributed by atoms with Gasteiger partial charge in [-0.05, 0) is 19.3 Å². The number of nitrogens with one attached hydrogen (secondary N) is 2. The summed E-state index contributed by atoms with van der Waals surface area (Å²) in [7, 11) is 1.62. The fourth-order valence-corrected chi connectivity index (χ4v) is 2.01. The maximum absolute atomic E-state index is 11.4. The lowest BCUT2D eigenvalue weighted by Gasteiger charge is -2.27. The summed E-state index contributed by atoms with van der Waals surface area (Å²) in [5.41, 5.74) is 5.87. The molecule has 1 rings (SSSR count). The normalized spacial score (nSPS) is 25.4. The van der Waals surface area contributed by atoms with Gasteiger partial charge in [-0.2, -0.15) is 0 Å². The van der Waals surface area contributed by atoms with Crippen LogP contribution in [0.25, 0.3) is 0 Å². The summed E-state index contributed by atoms with van der Waals surface area (Å²) in [6.45, 7) is 1.50. The first-order valence-electron chi connectivity index (χ1n) is 5.97. The van der Waals surface area contributed by atoms with E-state index >= 15 is 0 Å². The summed E-state index contributed by atoms with van der Waals surface area (Å²) >= 11 is 0. The highest BCUT2D eigenvalue weighted by Gasteiger charge is 2.18. The van der Waals surface area contributed by atoms with Gasteiger partial charge in [0.1, 0.15) is 0 Å². The van der Waals surface area contributed by atoms with E-state index in [0.717, 1.165) is 25.7 Å². The minimum atomic E-state index is 0.0243. The lowest BCUT2D eigenvalue weighted by Crippen LogP contribution is -2.44. The molecule has 1 fully saturated rings. The van der Waals surface area contributed by atoms with Gasteiger partial charge in [0, 0.05) is 25.7 Å². The minimum absolute atomic E-state index is 0.0243. The Balaban J connectivity index is 2.06. The van der Waals surface area contributed by atoms with Gasteiger partial charge >= 0.3 is 0 Å². The molecule has 0 aromatic carbocycles. The van der Waals surface area contributed by atoms with E-state index in [9.17, 15) is 4.79 Å². The molecule has 0 radical (unpaired) electrons. The van der Waals surface area contributed by atoms with Gasteiger partial charge in [0.2, 0.25) is 5.91 Å². The minimum Gasteiger partial charge on any atom is -0.383 e. The van der Waals surface area contributed by atoms with Crippen molar-refractivity contribution in [3.05, 3.63) is 0 Å².